The molecule has 0 saturated carbocycles. The Morgan fingerprint density at radius 1 is 1.53 bits per heavy atom. The first-order valence-corrected chi connectivity index (χ1v) is 6.24. The van der Waals surface area contributed by atoms with Crippen LogP contribution >= 0.6 is 0 Å². The second kappa shape index (κ2) is 5.40. The molecule has 2 aromatic rings. The summed E-state index contributed by atoms with van der Waals surface area (Å²) in [4.78, 5) is 15.4. The molecule has 0 radical (unpaired) electrons. The molecule has 1 aromatic carbocycles. The zero-order chi connectivity index (χ0) is 14.0. The Morgan fingerprint density at radius 3 is 2.89 bits per heavy atom. The number of hydrogen-bond donors (Lipinski definition) is 1. The number of aromatic carboxylic acids is 1. The summed E-state index contributed by atoms with van der Waals surface area (Å²) in [5.41, 5.74) is 1.94. The topological polar surface area (TPSA) is 64.3 Å². The molecule has 1 N–H and O–H groups in total. The first-order valence-electron chi connectivity index (χ1n) is 6.24. The molecule has 1 unspecified atom stereocenters. The second-order valence-corrected chi connectivity index (χ2v) is 4.68. The maximum atomic E-state index is 10.9. The number of carbonyl (C=O) groups is 1. The van der Waals surface area contributed by atoms with E-state index in [1.807, 2.05) is 18.5 Å². The van der Waals surface area contributed by atoms with Crippen LogP contribution in [0.3, 0.4) is 0 Å². The minimum absolute atomic E-state index is 0.189. The minimum Gasteiger partial charge on any atom is -0.478 e. The van der Waals surface area contributed by atoms with E-state index >= 15 is 0 Å². The van der Waals surface area contributed by atoms with Crippen molar-refractivity contribution in [1.82, 2.24) is 9.55 Å². The summed E-state index contributed by atoms with van der Waals surface area (Å²) >= 11 is 0. The second-order valence-electron chi connectivity index (χ2n) is 4.68. The number of hydrogen-bond acceptors (Lipinski definition) is 3. The number of fused-ring (bicyclic) bond motifs is 1. The summed E-state index contributed by atoms with van der Waals surface area (Å²) in [6.07, 6.45) is 1.89. The number of imidazole rings is 1. The van der Waals surface area contributed by atoms with Crippen LogP contribution in [0.4, 0.5) is 0 Å². The van der Waals surface area contributed by atoms with E-state index in [1.165, 1.54) is 0 Å². The molecule has 0 aliphatic rings. The molecular formula is C14H18N2O3. The highest BCUT2D eigenvalue weighted by Crippen LogP contribution is 2.18. The van der Waals surface area contributed by atoms with Crippen molar-refractivity contribution in [1.29, 1.82) is 0 Å². The summed E-state index contributed by atoms with van der Waals surface area (Å²) in [6, 6.07) is 5.02. The number of carboxylic acids is 1. The number of ether oxygens (including phenoxy) is 1. The van der Waals surface area contributed by atoms with E-state index in [4.69, 9.17) is 9.84 Å². The molecule has 0 spiro atoms. The average molecular weight is 262 g/mol. The molecule has 0 bridgehead atoms. The first-order chi connectivity index (χ1) is 9.02. The summed E-state index contributed by atoms with van der Waals surface area (Å²) in [6.45, 7) is 2.02. The lowest BCUT2D eigenvalue weighted by Gasteiger charge is -2.08. The molecule has 102 valence electrons. The Kier molecular flexibility index (Phi) is 3.85. The van der Waals surface area contributed by atoms with Crippen LogP contribution < -0.4 is 0 Å². The highest BCUT2D eigenvalue weighted by molar-refractivity contribution is 5.92. The van der Waals surface area contributed by atoms with E-state index in [1.54, 1.807) is 25.3 Å². The van der Waals surface area contributed by atoms with Gasteiger partial charge in [-0.05, 0) is 31.5 Å². The lowest BCUT2D eigenvalue weighted by Crippen LogP contribution is -2.08. The van der Waals surface area contributed by atoms with Gasteiger partial charge < -0.3 is 14.4 Å². The van der Waals surface area contributed by atoms with Crippen LogP contribution in [0, 0.1) is 0 Å². The van der Waals surface area contributed by atoms with E-state index in [-0.39, 0.29) is 11.7 Å². The number of benzene rings is 1. The quantitative estimate of drug-likeness (QED) is 0.897. The van der Waals surface area contributed by atoms with Crippen molar-refractivity contribution in [3.05, 3.63) is 29.6 Å². The van der Waals surface area contributed by atoms with Crippen LogP contribution in [0.25, 0.3) is 11.0 Å². The summed E-state index contributed by atoms with van der Waals surface area (Å²) in [7, 11) is 3.64. The van der Waals surface area contributed by atoms with Crippen LogP contribution in [0.2, 0.25) is 0 Å². The number of carboxylic acid groups (broad SMARTS) is 1. The third-order valence-electron chi connectivity index (χ3n) is 3.40. The molecular weight excluding hydrogens is 244 g/mol. The molecule has 0 saturated heterocycles. The molecule has 5 heteroatoms. The van der Waals surface area contributed by atoms with Crippen molar-refractivity contribution in [2.45, 2.75) is 25.9 Å². The van der Waals surface area contributed by atoms with Gasteiger partial charge in [0, 0.05) is 20.6 Å². The van der Waals surface area contributed by atoms with Gasteiger partial charge in [-0.25, -0.2) is 9.78 Å². The Balaban J connectivity index is 2.31. The third kappa shape index (κ3) is 2.76. The standard InChI is InChI=1S/C14H18N2O3/c1-9(19-3)4-7-13-15-11-8-10(14(17)18)5-6-12(11)16(13)2/h5-6,8-9H,4,7H2,1-3H3,(H,17,18). The normalized spacial score (nSPS) is 12.8. The summed E-state index contributed by atoms with van der Waals surface area (Å²) in [5, 5.41) is 8.98. The zero-order valence-electron chi connectivity index (χ0n) is 11.4. The van der Waals surface area contributed by atoms with Crippen LogP contribution in [0.5, 0.6) is 0 Å². The average Bonchev–Trinajstić information content (AvgIpc) is 2.72. The van der Waals surface area contributed by atoms with E-state index in [9.17, 15) is 4.79 Å². The van der Waals surface area contributed by atoms with Crippen molar-refractivity contribution in [2.24, 2.45) is 7.05 Å². The number of rotatable bonds is 5. The van der Waals surface area contributed by atoms with Gasteiger partial charge >= 0.3 is 5.97 Å². The molecule has 0 aliphatic heterocycles. The predicted octanol–water partition coefficient (Wildman–Crippen LogP) is 2.24. The third-order valence-corrected chi connectivity index (χ3v) is 3.40. The van der Waals surface area contributed by atoms with Gasteiger partial charge in [0.05, 0.1) is 22.7 Å². The van der Waals surface area contributed by atoms with Crippen molar-refractivity contribution in [2.75, 3.05) is 7.11 Å². The van der Waals surface area contributed by atoms with Crippen molar-refractivity contribution >= 4 is 17.0 Å². The SMILES string of the molecule is COC(C)CCc1nc2cc(C(=O)O)ccc2n1C. The number of methoxy groups -OCH3 is 1. The molecule has 0 fully saturated rings. The fourth-order valence-electron chi connectivity index (χ4n) is 2.06. The Bertz CT molecular complexity index is 604. The van der Waals surface area contributed by atoms with Crippen LogP contribution in [-0.2, 0) is 18.2 Å². The maximum Gasteiger partial charge on any atom is 0.335 e. The van der Waals surface area contributed by atoms with Gasteiger partial charge in [0.15, 0.2) is 0 Å². The van der Waals surface area contributed by atoms with Crippen molar-refractivity contribution < 1.29 is 14.6 Å². The monoisotopic (exact) mass is 262 g/mol. The number of aromatic nitrogens is 2. The highest BCUT2D eigenvalue weighted by atomic mass is 16.5. The van der Waals surface area contributed by atoms with Crippen LogP contribution in [-0.4, -0.2) is 33.8 Å². The highest BCUT2D eigenvalue weighted by Gasteiger charge is 2.11. The fraction of sp³-hybridized carbons (Fsp3) is 0.429. The van der Waals surface area contributed by atoms with Gasteiger partial charge in [0.1, 0.15) is 5.82 Å². The lowest BCUT2D eigenvalue weighted by atomic mass is 10.2. The van der Waals surface area contributed by atoms with Crippen LogP contribution in [0.15, 0.2) is 18.2 Å². The summed E-state index contributed by atoms with van der Waals surface area (Å²) < 4.78 is 7.22. The maximum absolute atomic E-state index is 10.9. The molecule has 2 rings (SSSR count). The molecule has 1 heterocycles. The molecule has 5 nitrogen and oxygen atoms in total. The number of aryl methyl sites for hydroxylation is 2. The van der Waals surface area contributed by atoms with Gasteiger partial charge in [-0.2, -0.15) is 0 Å². The Morgan fingerprint density at radius 2 is 2.26 bits per heavy atom. The van der Waals surface area contributed by atoms with E-state index < -0.39 is 5.97 Å². The lowest BCUT2D eigenvalue weighted by molar-refractivity contribution is 0.0697. The molecule has 1 atom stereocenters. The van der Waals surface area contributed by atoms with E-state index in [0.29, 0.717) is 0 Å². The van der Waals surface area contributed by atoms with Crippen molar-refractivity contribution in [3.63, 3.8) is 0 Å². The van der Waals surface area contributed by atoms with E-state index in [2.05, 4.69) is 4.98 Å². The van der Waals surface area contributed by atoms with Crippen molar-refractivity contribution in [3.8, 4) is 0 Å². The number of nitrogens with zero attached hydrogens (tertiary/aromatic N) is 2. The molecule has 0 amide bonds. The molecule has 1 aromatic heterocycles. The van der Waals surface area contributed by atoms with Gasteiger partial charge in [-0.15, -0.1) is 0 Å². The Hall–Kier alpha value is -1.88. The first kappa shape index (κ1) is 13.5. The predicted molar refractivity (Wildman–Crippen MR) is 72.5 cm³/mol. The fourth-order valence-corrected chi connectivity index (χ4v) is 2.06. The molecule has 0 aliphatic carbocycles. The zero-order valence-corrected chi connectivity index (χ0v) is 11.4. The van der Waals surface area contributed by atoms with Gasteiger partial charge in [0.25, 0.3) is 0 Å². The van der Waals surface area contributed by atoms with Gasteiger partial charge in [-0.1, -0.05) is 0 Å². The smallest absolute Gasteiger partial charge is 0.335 e. The Labute approximate surface area is 111 Å². The van der Waals surface area contributed by atoms with Gasteiger partial charge in [-0.3, -0.25) is 0 Å². The van der Waals surface area contributed by atoms with E-state index in [0.717, 1.165) is 29.7 Å². The van der Waals surface area contributed by atoms with Gasteiger partial charge in [0.2, 0.25) is 0 Å². The molecule has 19 heavy (non-hydrogen) atoms. The largest absolute Gasteiger partial charge is 0.478 e. The summed E-state index contributed by atoms with van der Waals surface area (Å²) in [5.74, 6) is 0.0172. The van der Waals surface area contributed by atoms with Crippen LogP contribution in [0.1, 0.15) is 29.5 Å². The minimum atomic E-state index is -0.929.